The topological polar surface area (TPSA) is 80.3 Å². The van der Waals surface area contributed by atoms with Crippen LogP contribution in [0.5, 0.6) is 28.7 Å². The molecule has 0 aliphatic carbocycles. The number of methoxy groups -OCH3 is 1. The molecule has 8 rings (SSSR count). The predicted octanol–water partition coefficient (Wildman–Crippen LogP) is 12.5. The Morgan fingerprint density at radius 3 is 1.39 bits per heavy atom. The summed E-state index contributed by atoms with van der Waals surface area (Å²) in [6.45, 7) is 6.80. The molecule has 8 aromatic rings. The molecule has 0 aliphatic heterocycles. The van der Waals surface area contributed by atoms with Crippen molar-refractivity contribution in [1.82, 2.24) is 0 Å². The van der Waals surface area contributed by atoms with Crippen LogP contribution in [0.1, 0.15) is 40.1 Å². The number of carbonyl (C=O) groups is 2. The van der Waals surface area contributed by atoms with Crippen molar-refractivity contribution in [3.63, 3.8) is 0 Å². The Balaban J connectivity index is 1.50. The third-order valence-corrected chi connectivity index (χ3v) is 10.2. The number of hydrogen-bond acceptors (Lipinski definition) is 7. The highest BCUT2D eigenvalue weighted by molar-refractivity contribution is 6.14. The van der Waals surface area contributed by atoms with Crippen molar-refractivity contribution < 1.29 is 33.3 Å². The highest BCUT2D eigenvalue weighted by Gasteiger charge is 2.30. The quantitative estimate of drug-likeness (QED) is 0.0902. The second-order valence-corrected chi connectivity index (χ2v) is 13.9. The standard InChI is InChI=1S/C52H42O7/c1-5-56-40-27-23-36(24-28-40)51(53)58-49-45-33(3)15-13-20-38(45)31-42(34-16-9-7-10-17-34)47(49)48-43(35-18-11-8-12-19-35)32-39-21-14-22-44(55-4)46(39)50(48)59-52(54)37-25-29-41(30-26-37)57-6-2/h7-32H,5-6H2,1-4H3. The fourth-order valence-corrected chi connectivity index (χ4v) is 7.55. The average molecular weight is 779 g/mol. The van der Waals surface area contributed by atoms with Crippen LogP contribution in [0.15, 0.2) is 158 Å². The van der Waals surface area contributed by atoms with Gasteiger partial charge in [0.25, 0.3) is 0 Å². The van der Waals surface area contributed by atoms with Gasteiger partial charge in [-0.1, -0.05) is 91.0 Å². The Kier molecular flexibility index (Phi) is 11.1. The summed E-state index contributed by atoms with van der Waals surface area (Å²) in [4.78, 5) is 29.0. The summed E-state index contributed by atoms with van der Waals surface area (Å²) in [7, 11) is 1.59. The molecule has 0 saturated heterocycles. The van der Waals surface area contributed by atoms with Gasteiger partial charge in [-0.3, -0.25) is 0 Å². The highest BCUT2D eigenvalue weighted by atomic mass is 16.5. The van der Waals surface area contributed by atoms with E-state index in [4.69, 9.17) is 23.7 Å². The average Bonchev–Trinajstić information content (AvgIpc) is 3.27. The van der Waals surface area contributed by atoms with Crippen molar-refractivity contribution >= 4 is 33.5 Å². The molecule has 0 unspecified atom stereocenters. The lowest BCUT2D eigenvalue weighted by atomic mass is 9.83. The van der Waals surface area contributed by atoms with Gasteiger partial charge in [-0.05, 0) is 126 Å². The molecule has 7 heteroatoms. The minimum Gasteiger partial charge on any atom is -0.496 e. The molecule has 0 amide bonds. The summed E-state index contributed by atoms with van der Waals surface area (Å²) in [5.41, 5.74) is 5.93. The largest absolute Gasteiger partial charge is 0.496 e. The molecule has 0 spiro atoms. The van der Waals surface area contributed by atoms with E-state index in [2.05, 4.69) is 12.1 Å². The number of carbonyl (C=O) groups excluding carboxylic acids is 2. The maximum atomic E-state index is 14.5. The highest BCUT2D eigenvalue weighted by Crippen LogP contribution is 2.55. The first-order valence-electron chi connectivity index (χ1n) is 19.6. The van der Waals surface area contributed by atoms with Gasteiger partial charge in [0.1, 0.15) is 23.0 Å². The Labute approximate surface area is 343 Å². The van der Waals surface area contributed by atoms with Crippen LogP contribution in [-0.4, -0.2) is 32.3 Å². The van der Waals surface area contributed by atoms with E-state index in [1.165, 1.54) is 0 Å². The van der Waals surface area contributed by atoms with E-state index in [1.54, 1.807) is 55.6 Å². The van der Waals surface area contributed by atoms with Gasteiger partial charge in [-0.15, -0.1) is 0 Å². The first kappa shape index (κ1) is 38.5. The van der Waals surface area contributed by atoms with Gasteiger partial charge in [0.2, 0.25) is 0 Å². The normalized spacial score (nSPS) is 11.0. The number of hydrogen-bond donors (Lipinski definition) is 0. The predicted molar refractivity (Wildman–Crippen MR) is 234 cm³/mol. The number of ether oxygens (including phenoxy) is 5. The molecule has 7 nitrogen and oxygen atoms in total. The summed E-state index contributed by atoms with van der Waals surface area (Å²) in [5.74, 6) is 1.22. The van der Waals surface area contributed by atoms with Gasteiger partial charge in [0.15, 0.2) is 5.75 Å². The molecular formula is C52H42O7. The molecule has 0 aliphatic rings. The van der Waals surface area contributed by atoms with Gasteiger partial charge in [0, 0.05) is 16.5 Å². The molecule has 0 aromatic heterocycles. The molecule has 8 aromatic carbocycles. The molecule has 0 saturated carbocycles. The molecule has 0 radical (unpaired) electrons. The first-order valence-corrected chi connectivity index (χ1v) is 19.6. The number of fused-ring (bicyclic) bond motifs is 2. The van der Waals surface area contributed by atoms with E-state index in [1.807, 2.05) is 118 Å². The monoisotopic (exact) mass is 778 g/mol. The Morgan fingerprint density at radius 1 is 0.492 bits per heavy atom. The third-order valence-electron chi connectivity index (χ3n) is 10.2. The van der Waals surface area contributed by atoms with E-state index >= 15 is 0 Å². The summed E-state index contributed by atoms with van der Waals surface area (Å²) in [6, 6.07) is 49.6. The lowest BCUT2D eigenvalue weighted by Gasteiger charge is -2.25. The van der Waals surface area contributed by atoms with Crippen molar-refractivity contribution in [2.45, 2.75) is 20.8 Å². The van der Waals surface area contributed by atoms with E-state index in [0.717, 1.165) is 44.0 Å². The molecule has 0 N–H and O–H groups in total. The van der Waals surface area contributed by atoms with Gasteiger partial charge in [-0.25, -0.2) is 9.59 Å². The third kappa shape index (κ3) is 7.71. The molecule has 0 heterocycles. The Bertz CT molecular complexity index is 2790. The maximum Gasteiger partial charge on any atom is 0.343 e. The fraction of sp³-hybridized carbons (Fsp3) is 0.115. The lowest BCUT2D eigenvalue weighted by Crippen LogP contribution is -2.13. The molecule has 0 fully saturated rings. The van der Waals surface area contributed by atoms with Crippen molar-refractivity contribution in [3.05, 3.63) is 174 Å². The summed E-state index contributed by atoms with van der Waals surface area (Å²) >= 11 is 0. The number of aryl methyl sites for hydroxylation is 1. The van der Waals surface area contributed by atoms with Crippen LogP contribution in [0.25, 0.3) is 54.9 Å². The van der Waals surface area contributed by atoms with Crippen LogP contribution in [-0.2, 0) is 0 Å². The van der Waals surface area contributed by atoms with Crippen LogP contribution < -0.4 is 23.7 Å². The SMILES string of the molecule is CCOc1ccc(C(=O)Oc2c(-c3c(-c4ccccc4)cc4cccc(OC)c4c3OC(=O)c3ccc(OCC)cc3)c(-c3ccccc3)cc3cccc(C)c23)cc1. The summed E-state index contributed by atoms with van der Waals surface area (Å²) < 4.78 is 30.8. The molecular weight excluding hydrogens is 737 g/mol. The maximum absolute atomic E-state index is 14.5. The second-order valence-electron chi connectivity index (χ2n) is 13.9. The van der Waals surface area contributed by atoms with E-state index < -0.39 is 11.9 Å². The van der Waals surface area contributed by atoms with Crippen molar-refractivity contribution in [2.75, 3.05) is 20.3 Å². The van der Waals surface area contributed by atoms with Crippen molar-refractivity contribution in [1.29, 1.82) is 0 Å². The van der Waals surface area contributed by atoms with Gasteiger partial charge < -0.3 is 23.7 Å². The molecule has 292 valence electrons. The summed E-state index contributed by atoms with van der Waals surface area (Å²) in [5, 5.41) is 2.98. The van der Waals surface area contributed by atoms with Gasteiger partial charge in [-0.2, -0.15) is 0 Å². The van der Waals surface area contributed by atoms with E-state index in [9.17, 15) is 9.59 Å². The van der Waals surface area contributed by atoms with Crippen LogP contribution in [0.2, 0.25) is 0 Å². The summed E-state index contributed by atoms with van der Waals surface area (Å²) in [6.07, 6.45) is 0. The van der Waals surface area contributed by atoms with Gasteiger partial charge >= 0.3 is 11.9 Å². The van der Waals surface area contributed by atoms with E-state index in [-0.39, 0.29) is 5.75 Å². The van der Waals surface area contributed by atoms with Crippen molar-refractivity contribution in [2.24, 2.45) is 0 Å². The number of rotatable bonds is 12. The second kappa shape index (κ2) is 17.0. The number of benzene rings is 8. The first-order chi connectivity index (χ1) is 28.9. The Hall–Kier alpha value is -7.38. The van der Waals surface area contributed by atoms with Crippen molar-refractivity contribution in [3.8, 4) is 62.1 Å². The van der Waals surface area contributed by atoms with Gasteiger partial charge in [0.05, 0.1) is 36.8 Å². The minimum atomic E-state index is -0.585. The van der Waals surface area contributed by atoms with Crippen LogP contribution in [0, 0.1) is 6.92 Å². The van der Waals surface area contributed by atoms with Crippen LogP contribution in [0.3, 0.4) is 0 Å². The molecule has 0 bridgehead atoms. The van der Waals surface area contributed by atoms with E-state index in [0.29, 0.717) is 63.9 Å². The lowest BCUT2D eigenvalue weighted by molar-refractivity contribution is 0.0725. The fourth-order valence-electron chi connectivity index (χ4n) is 7.55. The zero-order chi connectivity index (χ0) is 40.9. The Morgan fingerprint density at radius 2 is 0.932 bits per heavy atom. The molecule has 0 atom stereocenters. The van der Waals surface area contributed by atoms with Crippen LogP contribution in [0.4, 0.5) is 0 Å². The zero-order valence-corrected chi connectivity index (χ0v) is 33.3. The molecule has 59 heavy (non-hydrogen) atoms. The minimum absolute atomic E-state index is 0.251. The van der Waals surface area contributed by atoms with Crippen LogP contribution >= 0.6 is 0 Å². The number of esters is 2. The smallest absolute Gasteiger partial charge is 0.343 e. The zero-order valence-electron chi connectivity index (χ0n) is 33.3.